The first kappa shape index (κ1) is 16.9. The number of nitrogens with one attached hydrogen (secondary N) is 1. The molecule has 3 rings (SSSR count). The SMILES string of the molecule is C[C@@H](C(=O)N/N=C\c1ccc(Cl)cc1)N1C(=O)c2ccccc2C1=O. The number of hydrazone groups is 1. The number of amides is 3. The van der Waals surface area contributed by atoms with Crippen LogP contribution in [0.25, 0.3) is 0 Å². The normalized spacial score (nSPS) is 14.7. The molecule has 0 radical (unpaired) electrons. The summed E-state index contributed by atoms with van der Waals surface area (Å²) in [5, 5.41) is 4.44. The maximum absolute atomic E-state index is 12.4. The molecule has 0 bridgehead atoms. The maximum Gasteiger partial charge on any atom is 0.263 e. The van der Waals surface area contributed by atoms with Crippen molar-refractivity contribution in [3.05, 3.63) is 70.2 Å². The van der Waals surface area contributed by atoms with Crippen molar-refractivity contribution in [1.29, 1.82) is 0 Å². The summed E-state index contributed by atoms with van der Waals surface area (Å²) in [6.45, 7) is 1.48. The van der Waals surface area contributed by atoms with Crippen molar-refractivity contribution >= 4 is 35.5 Å². The van der Waals surface area contributed by atoms with Gasteiger partial charge in [0.1, 0.15) is 6.04 Å². The average Bonchev–Trinajstić information content (AvgIpc) is 2.87. The highest BCUT2D eigenvalue weighted by molar-refractivity contribution is 6.30. The summed E-state index contributed by atoms with van der Waals surface area (Å²) in [6, 6.07) is 12.4. The molecule has 0 saturated heterocycles. The Morgan fingerprint density at radius 1 is 1.08 bits per heavy atom. The standard InChI is InChI=1S/C18H14ClN3O3/c1-11(16(23)21-20-10-12-6-8-13(19)9-7-12)22-17(24)14-4-2-3-5-15(14)18(22)25/h2-11H,1H3,(H,21,23)/b20-10-/t11-/m0/s1. The molecular formula is C18H14ClN3O3. The molecule has 7 heteroatoms. The molecule has 126 valence electrons. The number of rotatable bonds is 4. The number of imide groups is 1. The third-order valence-corrected chi connectivity index (χ3v) is 4.10. The molecule has 25 heavy (non-hydrogen) atoms. The highest BCUT2D eigenvalue weighted by atomic mass is 35.5. The lowest BCUT2D eigenvalue weighted by atomic mass is 10.1. The van der Waals surface area contributed by atoms with Gasteiger partial charge in [-0.25, -0.2) is 5.43 Å². The molecule has 0 unspecified atom stereocenters. The third-order valence-electron chi connectivity index (χ3n) is 3.85. The van der Waals surface area contributed by atoms with Gasteiger partial charge in [0, 0.05) is 5.02 Å². The molecule has 0 aliphatic carbocycles. The fourth-order valence-corrected chi connectivity index (χ4v) is 2.62. The maximum atomic E-state index is 12.4. The summed E-state index contributed by atoms with van der Waals surface area (Å²) in [5.41, 5.74) is 3.70. The van der Waals surface area contributed by atoms with Crippen molar-refractivity contribution in [2.45, 2.75) is 13.0 Å². The van der Waals surface area contributed by atoms with E-state index in [0.717, 1.165) is 10.5 Å². The fourth-order valence-electron chi connectivity index (χ4n) is 2.49. The lowest BCUT2D eigenvalue weighted by Crippen LogP contribution is -2.46. The van der Waals surface area contributed by atoms with Gasteiger partial charge in [0.2, 0.25) is 0 Å². The molecule has 0 fully saturated rings. The summed E-state index contributed by atoms with van der Waals surface area (Å²) < 4.78 is 0. The number of carbonyl (C=O) groups excluding carboxylic acids is 3. The van der Waals surface area contributed by atoms with Crippen molar-refractivity contribution in [1.82, 2.24) is 10.3 Å². The monoisotopic (exact) mass is 355 g/mol. The van der Waals surface area contributed by atoms with Crippen LogP contribution >= 0.6 is 11.6 Å². The van der Waals surface area contributed by atoms with E-state index in [4.69, 9.17) is 11.6 Å². The molecule has 2 aromatic carbocycles. The van der Waals surface area contributed by atoms with E-state index in [2.05, 4.69) is 10.5 Å². The zero-order chi connectivity index (χ0) is 18.0. The van der Waals surface area contributed by atoms with Crippen molar-refractivity contribution in [2.75, 3.05) is 0 Å². The van der Waals surface area contributed by atoms with Crippen molar-refractivity contribution in [3.63, 3.8) is 0 Å². The van der Waals surface area contributed by atoms with E-state index in [1.165, 1.54) is 13.1 Å². The van der Waals surface area contributed by atoms with Gasteiger partial charge < -0.3 is 0 Å². The Balaban J connectivity index is 1.68. The van der Waals surface area contributed by atoms with E-state index in [1.54, 1.807) is 48.5 Å². The largest absolute Gasteiger partial charge is 0.271 e. The molecule has 1 aliphatic heterocycles. The summed E-state index contributed by atoms with van der Waals surface area (Å²) >= 11 is 5.79. The topological polar surface area (TPSA) is 78.8 Å². The number of fused-ring (bicyclic) bond motifs is 1. The van der Waals surface area contributed by atoms with Gasteiger partial charge in [0.25, 0.3) is 17.7 Å². The van der Waals surface area contributed by atoms with Crippen LogP contribution in [0.1, 0.15) is 33.2 Å². The van der Waals surface area contributed by atoms with E-state index >= 15 is 0 Å². The molecule has 1 N–H and O–H groups in total. The van der Waals surface area contributed by atoms with Crippen LogP contribution < -0.4 is 5.43 Å². The average molecular weight is 356 g/mol. The lowest BCUT2D eigenvalue weighted by molar-refractivity contribution is -0.124. The number of hydrogen-bond acceptors (Lipinski definition) is 4. The Bertz CT molecular complexity index is 842. The predicted molar refractivity (Wildman–Crippen MR) is 93.6 cm³/mol. The molecule has 2 aromatic rings. The van der Waals surface area contributed by atoms with Crippen molar-refractivity contribution < 1.29 is 14.4 Å². The van der Waals surface area contributed by atoms with Crippen LogP contribution in [0.2, 0.25) is 5.02 Å². The molecule has 1 atom stereocenters. The third kappa shape index (κ3) is 3.29. The zero-order valence-electron chi connectivity index (χ0n) is 13.3. The van der Waals surface area contributed by atoms with Gasteiger partial charge in [-0.15, -0.1) is 0 Å². The highest BCUT2D eigenvalue weighted by Crippen LogP contribution is 2.24. The van der Waals surface area contributed by atoms with Gasteiger partial charge in [0.05, 0.1) is 17.3 Å². The second-order valence-corrected chi connectivity index (χ2v) is 5.92. The summed E-state index contributed by atoms with van der Waals surface area (Å²) in [6.07, 6.45) is 1.45. The second-order valence-electron chi connectivity index (χ2n) is 5.49. The van der Waals surface area contributed by atoms with Gasteiger partial charge >= 0.3 is 0 Å². The number of halogens is 1. The summed E-state index contributed by atoms with van der Waals surface area (Å²) in [5.74, 6) is -1.52. The van der Waals surface area contributed by atoms with Crippen molar-refractivity contribution in [2.24, 2.45) is 5.10 Å². The Morgan fingerprint density at radius 2 is 1.64 bits per heavy atom. The summed E-state index contributed by atoms with van der Waals surface area (Å²) in [4.78, 5) is 37.9. The van der Waals surface area contributed by atoms with E-state index < -0.39 is 23.8 Å². The molecule has 6 nitrogen and oxygen atoms in total. The number of benzene rings is 2. The van der Waals surface area contributed by atoms with Crippen LogP contribution in [0, 0.1) is 0 Å². The second kappa shape index (κ2) is 6.86. The number of hydrogen-bond donors (Lipinski definition) is 1. The Kier molecular flexibility index (Phi) is 4.63. The van der Waals surface area contributed by atoms with Crippen LogP contribution in [0.15, 0.2) is 53.6 Å². The van der Waals surface area contributed by atoms with Crippen LogP contribution in [-0.4, -0.2) is 34.9 Å². The molecule has 3 amide bonds. The van der Waals surface area contributed by atoms with Gasteiger partial charge in [-0.05, 0) is 36.8 Å². The van der Waals surface area contributed by atoms with E-state index in [1.807, 2.05) is 0 Å². The van der Waals surface area contributed by atoms with Crippen LogP contribution in [0.5, 0.6) is 0 Å². The predicted octanol–water partition coefficient (Wildman–Crippen LogP) is 2.47. The van der Waals surface area contributed by atoms with Crippen LogP contribution in [0.4, 0.5) is 0 Å². The highest BCUT2D eigenvalue weighted by Gasteiger charge is 2.40. The van der Waals surface area contributed by atoms with Gasteiger partial charge in [0.15, 0.2) is 0 Å². The van der Waals surface area contributed by atoms with Crippen LogP contribution in [0.3, 0.4) is 0 Å². The minimum absolute atomic E-state index is 0.303. The van der Waals surface area contributed by atoms with E-state index in [-0.39, 0.29) is 0 Å². The Hall–Kier alpha value is -2.99. The quantitative estimate of drug-likeness (QED) is 0.520. The molecule has 0 saturated carbocycles. The minimum Gasteiger partial charge on any atom is -0.271 e. The Labute approximate surface area is 149 Å². The molecular weight excluding hydrogens is 342 g/mol. The lowest BCUT2D eigenvalue weighted by Gasteiger charge is -2.20. The van der Waals surface area contributed by atoms with Crippen LogP contribution in [-0.2, 0) is 4.79 Å². The molecule has 1 aliphatic rings. The Morgan fingerprint density at radius 3 is 2.20 bits per heavy atom. The van der Waals surface area contributed by atoms with Gasteiger partial charge in [-0.2, -0.15) is 5.10 Å². The molecule has 0 spiro atoms. The first-order chi connectivity index (χ1) is 12.0. The smallest absolute Gasteiger partial charge is 0.263 e. The fraction of sp³-hybridized carbons (Fsp3) is 0.111. The van der Waals surface area contributed by atoms with Gasteiger partial charge in [-0.1, -0.05) is 35.9 Å². The number of carbonyl (C=O) groups is 3. The van der Waals surface area contributed by atoms with E-state index in [0.29, 0.717) is 16.1 Å². The minimum atomic E-state index is -0.977. The van der Waals surface area contributed by atoms with Crippen molar-refractivity contribution in [3.8, 4) is 0 Å². The molecule has 1 heterocycles. The van der Waals surface area contributed by atoms with Gasteiger partial charge in [-0.3, -0.25) is 19.3 Å². The molecule has 0 aromatic heterocycles. The van der Waals surface area contributed by atoms with E-state index in [9.17, 15) is 14.4 Å². The summed E-state index contributed by atoms with van der Waals surface area (Å²) in [7, 11) is 0. The first-order valence-electron chi connectivity index (χ1n) is 7.54. The first-order valence-corrected chi connectivity index (χ1v) is 7.92. The zero-order valence-corrected chi connectivity index (χ0v) is 14.0. The number of nitrogens with zero attached hydrogens (tertiary/aromatic N) is 2.